The van der Waals surface area contributed by atoms with E-state index in [1.165, 1.54) is 12.1 Å². The second-order valence-electron chi connectivity index (χ2n) is 4.88. The summed E-state index contributed by atoms with van der Waals surface area (Å²) < 4.78 is 14.6. The molecule has 0 spiro atoms. The van der Waals surface area contributed by atoms with E-state index in [-0.39, 0.29) is 11.4 Å². The molecule has 0 saturated carbocycles. The van der Waals surface area contributed by atoms with Crippen LogP contribution in [0.4, 0.5) is 4.39 Å². The first kappa shape index (κ1) is 13.3. The van der Waals surface area contributed by atoms with Crippen LogP contribution < -0.4 is 5.56 Å². The van der Waals surface area contributed by atoms with Crippen LogP contribution >= 0.6 is 0 Å². The largest absolute Gasteiger partial charge is 0.310 e. The van der Waals surface area contributed by atoms with Crippen molar-refractivity contribution in [1.82, 2.24) is 4.57 Å². The molecule has 3 heteroatoms. The number of aromatic nitrogens is 1. The normalized spacial score (nSPS) is 10.5. The summed E-state index contributed by atoms with van der Waals surface area (Å²) in [7, 11) is 0. The molecule has 3 aromatic rings. The second-order valence-corrected chi connectivity index (χ2v) is 4.88. The highest BCUT2D eigenvalue weighted by Gasteiger charge is 2.03. The molecule has 104 valence electrons. The molecule has 0 bridgehead atoms. The zero-order chi connectivity index (χ0) is 14.7. The van der Waals surface area contributed by atoms with Crippen molar-refractivity contribution >= 4 is 0 Å². The molecule has 0 radical (unpaired) electrons. The Morgan fingerprint density at radius 2 is 1.48 bits per heavy atom. The Balaban J connectivity index is 1.96. The maximum Gasteiger partial charge on any atom is 0.250 e. The van der Waals surface area contributed by atoms with Gasteiger partial charge in [-0.1, -0.05) is 42.5 Å². The van der Waals surface area contributed by atoms with Gasteiger partial charge in [-0.05, 0) is 34.9 Å². The Kier molecular flexibility index (Phi) is 3.65. The summed E-state index contributed by atoms with van der Waals surface area (Å²) in [4.78, 5) is 12.0. The van der Waals surface area contributed by atoms with Gasteiger partial charge in [0.1, 0.15) is 5.82 Å². The molecule has 1 aromatic heterocycles. The SMILES string of the molecule is O=c1ccc(-c2ccc(F)cc2)cn1Cc1ccccc1. The lowest BCUT2D eigenvalue weighted by Gasteiger charge is -2.08. The van der Waals surface area contributed by atoms with Crippen LogP contribution in [0.3, 0.4) is 0 Å². The van der Waals surface area contributed by atoms with Gasteiger partial charge >= 0.3 is 0 Å². The first-order valence-electron chi connectivity index (χ1n) is 6.73. The number of benzene rings is 2. The minimum absolute atomic E-state index is 0.0512. The van der Waals surface area contributed by atoms with Crippen molar-refractivity contribution in [3.8, 4) is 11.1 Å². The van der Waals surface area contributed by atoms with Crippen molar-refractivity contribution in [1.29, 1.82) is 0 Å². The van der Waals surface area contributed by atoms with Crippen molar-refractivity contribution in [2.24, 2.45) is 0 Å². The molecule has 2 nitrogen and oxygen atoms in total. The molecule has 0 N–H and O–H groups in total. The molecule has 0 aliphatic carbocycles. The van der Waals surface area contributed by atoms with Gasteiger partial charge in [-0.2, -0.15) is 0 Å². The smallest absolute Gasteiger partial charge is 0.250 e. The molecule has 0 aliphatic heterocycles. The standard InChI is InChI=1S/C18H14FNO/c19-17-9-6-15(7-10-17)16-8-11-18(21)20(13-16)12-14-4-2-1-3-5-14/h1-11,13H,12H2. The summed E-state index contributed by atoms with van der Waals surface area (Å²) in [6.45, 7) is 0.523. The topological polar surface area (TPSA) is 22.0 Å². The molecule has 0 amide bonds. The Bertz CT molecular complexity index is 791. The number of nitrogens with zero attached hydrogens (tertiary/aromatic N) is 1. The summed E-state index contributed by atoms with van der Waals surface area (Å²) in [6.07, 6.45) is 1.81. The van der Waals surface area contributed by atoms with Gasteiger partial charge in [-0.3, -0.25) is 4.79 Å². The van der Waals surface area contributed by atoms with E-state index in [1.807, 2.05) is 36.5 Å². The number of pyridine rings is 1. The van der Waals surface area contributed by atoms with Crippen molar-refractivity contribution < 1.29 is 4.39 Å². The van der Waals surface area contributed by atoms with Gasteiger partial charge < -0.3 is 4.57 Å². The molecule has 2 aromatic carbocycles. The average molecular weight is 279 g/mol. The van der Waals surface area contributed by atoms with Crippen molar-refractivity contribution in [2.75, 3.05) is 0 Å². The summed E-state index contributed by atoms with van der Waals surface area (Å²) in [5.41, 5.74) is 2.80. The van der Waals surface area contributed by atoms with Gasteiger partial charge in [-0.15, -0.1) is 0 Å². The maximum atomic E-state index is 13.0. The summed E-state index contributed by atoms with van der Waals surface area (Å²) >= 11 is 0. The van der Waals surface area contributed by atoms with Crippen molar-refractivity contribution in [3.63, 3.8) is 0 Å². The maximum absolute atomic E-state index is 13.0. The highest BCUT2D eigenvalue weighted by atomic mass is 19.1. The zero-order valence-corrected chi connectivity index (χ0v) is 11.4. The Hall–Kier alpha value is -2.68. The van der Waals surface area contributed by atoms with Crippen LogP contribution in [-0.4, -0.2) is 4.57 Å². The number of halogens is 1. The first-order valence-corrected chi connectivity index (χ1v) is 6.73. The van der Waals surface area contributed by atoms with Gasteiger partial charge in [0.2, 0.25) is 0 Å². The van der Waals surface area contributed by atoms with E-state index in [0.717, 1.165) is 16.7 Å². The third-order valence-corrected chi connectivity index (χ3v) is 3.36. The highest BCUT2D eigenvalue weighted by molar-refractivity contribution is 5.62. The molecule has 3 rings (SSSR count). The van der Waals surface area contributed by atoms with E-state index in [4.69, 9.17) is 0 Å². The van der Waals surface area contributed by atoms with Crippen LogP contribution in [0.5, 0.6) is 0 Å². The number of rotatable bonds is 3. The van der Waals surface area contributed by atoms with Gasteiger partial charge in [-0.25, -0.2) is 4.39 Å². The fourth-order valence-electron chi connectivity index (χ4n) is 2.25. The molecular formula is C18H14FNO. The van der Waals surface area contributed by atoms with Gasteiger partial charge in [0.25, 0.3) is 5.56 Å². The Morgan fingerprint density at radius 1 is 0.810 bits per heavy atom. The Morgan fingerprint density at radius 3 is 2.19 bits per heavy atom. The number of hydrogen-bond acceptors (Lipinski definition) is 1. The lowest BCUT2D eigenvalue weighted by Crippen LogP contribution is -2.19. The van der Waals surface area contributed by atoms with E-state index >= 15 is 0 Å². The van der Waals surface area contributed by atoms with E-state index < -0.39 is 0 Å². The Labute approximate surface area is 122 Å². The molecule has 0 saturated heterocycles. The molecule has 0 aliphatic rings. The van der Waals surface area contributed by atoms with Gasteiger partial charge in [0.15, 0.2) is 0 Å². The minimum atomic E-state index is -0.267. The summed E-state index contributed by atoms with van der Waals surface area (Å²) in [6, 6.07) is 19.4. The quantitative estimate of drug-likeness (QED) is 0.716. The molecular weight excluding hydrogens is 265 g/mol. The third-order valence-electron chi connectivity index (χ3n) is 3.36. The monoisotopic (exact) mass is 279 g/mol. The minimum Gasteiger partial charge on any atom is -0.310 e. The summed E-state index contributed by atoms with van der Waals surface area (Å²) in [5, 5.41) is 0. The van der Waals surface area contributed by atoms with Crippen LogP contribution in [0.25, 0.3) is 11.1 Å². The van der Waals surface area contributed by atoms with Crippen LogP contribution in [0, 0.1) is 5.82 Å². The average Bonchev–Trinajstić information content (AvgIpc) is 2.51. The van der Waals surface area contributed by atoms with Crippen LogP contribution in [-0.2, 0) is 6.54 Å². The van der Waals surface area contributed by atoms with E-state index in [0.29, 0.717) is 6.54 Å². The molecule has 0 fully saturated rings. The first-order chi connectivity index (χ1) is 10.2. The lowest BCUT2D eigenvalue weighted by atomic mass is 10.1. The molecule has 0 atom stereocenters. The lowest BCUT2D eigenvalue weighted by molar-refractivity contribution is 0.628. The van der Waals surface area contributed by atoms with Crippen LogP contribution in [0.2, 0.25) is 0 Å². The van der Waals surface area contributed by atoms with Crippen LogP contribution in [0.15, 0.2) is 77.7 Å². The van der Waals surface area contributed by atoms with Crippen molar-refractivity contribution in [2.45, 2.75) is 6.54 Å². The van der Waals surface area contributed by atoms with Crippen LogP contribution in [0.1, 0.15) is 5.56 Å². The van der Waals surface area contributed by atoms with Gasteiger partial charge in [0, 0.05) is 12.3 Å². The van der Waals surface area contributed by atoms with Crippen molar-refractivity contribution in [3.05, 3.63) is 94.7 Å². The molecule has 1 heterocycles. The molecule has 0 unspecified atom stereocenters. The predicted octanol–water partition coefficient (Wildman–Crippen LogP) is 3.70. The van der Waals surface area contributed by atoms with E-state index in [9.17, 15) is 9.18 Å². The molecule has 21 heavy (non-hydrogen) atoms. The van der Waals surface area contributed by atoms with Gasteiger partial charge in [0.05, 0.1) is 6.54 Å². The number of hydrogen-bond donors (Lipinski definition) is 0. The van der Waals surface area contributed by atoms with E-state index in [1.54, 1.807) is 28.8 Å². The fraction of sp³-hybridized carbons (Fsp3) is 0.0556. The fourth-order valence-corrected chi connectivity index (χ4v) is 2.25. The second kappa shape index (κ2) is 5.75. The predicted molar refractivity (Wildman–Crippen MR) is 81.6 cm³/mol. The highest BCUT2D eigenvalue weighted by Crippen LogP contribution is 2.18. The third kappa shape index (κ3) is 3.08. The summed E-state index contributed by atoms with van der Waals surface area (Å²) in [5.74, 6) is -0.267. The zero-order valence-electron chi connectivity index (χ0n) is 11.4. The van der Waals surface area contributed by atoms with E-state index in [2.05, 4.69) is 0 Å².